The Morgan fingerprint density at radius 2 is 2.29 bits per heavy atom. The fourth-order valence-corrected chi connectivity index (χ4v) is 1.48. The summed E-state index contributed by atoms with van der Waals surface area (Å²) < 4.78 is 10.7. The Morgan fingerprint density at radius 3 is 2.94 bits per heavy atom. The molecule has 0 bridgehead atoms. The van der Waals surface area contributed by atoms with Crippen molar-refractivity contribution in [2.24, 2.45) is 0 Å². The van der Waals surface area contributed by atoms with Crippen LogP contribution in [0.25, 0.3) is 11.0 Å². The van der Waals surface area contributed by atoms with Gasteiger partial charge in [0.05, 0.1) is 17.2 Å². The summed E-state index contributed by atoms with van der Waals surface area (Å²) in [6, 6.07) is 4.71. The largest absolute Gasteiger partial charge is 0.488 e. The number of carboxylic acid groups (broad SMARTS) is 1. The van der Waals surface area contributed by atoms with Crippen LogP contribution >= 0.6 is 0 Å². The molecule has 0 aliphatic heterocycles. The van der Waals surface area contributed by atoms with Gasteiger partial charge in [-0.2, -0.15) is 0 Å². The van der Waals surface area contributed by atoms with Gasteiger partial charge < -0.3 is 14.3 Å². The van der Waals surface area contributed by atoms with Crippen LogP contribution in [0.3, 0.4) is 0 Å². The molecule has 88 valence electrons. The zero-order valence-corrected chi connectivity index (χ0v) is 9.40. The minimum atomic E-state index is -1.01. The summed E-state index contributed by atoms with van der Waals surface area (Å²) in [5.74, 6) is -0.514. The van der Waals surface area contributed by atoms with Gasteiger partial charge in [-0.1, -0.05) is 6.58 Å². The molecule has 1 N–H and O–H groups in total. The monoisotopic (exact) mass is 232 g/mol. The second-order valence-corrected chi connectivity index (χ2v) is 3.86. The number of fused-ring (bicyclic) bond motifs is 1. The number of benzene rings is 1. The average Bonchev–Trinajstić information content (AvgIpc) is 2.73. The number of carboxylic acids is 1. The maximum atomic E-state index is 10.9. The number of carbonyl (C=O) groups is 1. The van der Waals surface area contributed by atoms with Gasteiger partial charge in [-0.25, -0.2) is 4.79 Å². The SMILES string of the molecule is C=C(C)COc1cc(C(=O)O)cc2occc12. The quantitative estimate of drug-likeness (QED) is 0.823. The van der Waals surface area contributed by atoms with Crippen molar-refractivity contribution in [2.75, 3.05) is 6.61 Å². The van der Waals surface area contributed by atoms with E-state index in [-0.39, 0.29) is 5.56 Å². The van der Waals surface area contributed by atoms with Crippen LogP contribution in [-0.4, -0.2) is 17.7 Å². The Bertz CT molecular complexity index is 580. The van der Waals surface area contributed by atoms with Crippen LogP contribution in [0.5, 0.6) is 5.75 Å². The molecule has 0 aliphatic carbocycles. The molecule has 0 saturated carbocycles. The molecular formula is C13H12O4. The lowest BCUT2D eigenvalue weighted by Gasteiger charge is -2.07. The van der Waals surface area contributed by atoms with Crippen LogP contribution in [0.4, 0.5) is 0 Å². The summed E-state index contributed by atoms with van der Waals surface area (Å²) in [7, 11) is 0. The Morgan fingerprint density at radius 1 is 1.53 bits per heavy atom. The van der Waals surface area contributed by atoms with E-state index in [9.17, 15) is 4.79 Å². The highest BCUT2D eigenvalue weighted by molar-refractivity contribution is 5.95. The fraction of sp³-hybridized carbons (Fsp3) is 0.154. The lowest BCUT2D eigenvalue weighted by Crippen LogP contribution is -2.01. The zero-order valence-electron chi connectivity index (χ0n) is 9.40. The van der Waals surface area contributed by atoms with Gasteiger partial charge in [0, 0.05) is 0 Å². The Kier molecular flexibility index (Phi) is 2.87. The van der Waals surface area contributed by atoms with Gasteiger partial charge in [0.1, 0.15) is 17.9 Å². The highest BCUT2D eigenvalue weighted by Crippen LogP contribution is 2.29. The lowest BCUT2D eigenvalue weighted by molar-refractivity contribution is 0.0696. The third-order valence-electron chi connectivity index (χ3n) is 2.25. The van der Waals surface area contributed by atoms with Crippen molar-refractivity contribution >= 4 is 16.9 Å². The van der Waals surface area contributed by atoms with Crippen molar-refractivity contribution in [2.45, 2.75) is 6.92 Å². The molecule has 0 atom stereocenters. The summed E-state index contributed by atoms with van der Waals surface area (Å²) in [6.45, 7) is 5.92. The molecule has 0 aliphatic rings. The molecule has 2 rings (SSSR count). The topological polar surface area (TPSA) is 59.7 Å². The molecule has 1 heterocycles. The van der Waals surface area contributed by atoms with Crippen molar-refractivity contribution < 1.29 is 19.1 Å². The molecular weight excluding hydrogens is 220 g/mol. The minimum absolute atomic E-state index is 0.143. The van der Waals surface area contributed by atoms with E-state index < -0.39 is 5.97 Å². The van der Waals surface area contributed by atoms with Crippen molar-refractivity contribution in [1.82, 2.24) is 0 Å². The summed E-state index contributed by atoms with van der Waals surface area (Å²) in [5, 5.41) is 9.73. The van der Waals surface area contributed by atoms with Crippen molar-refractivity contribution in [3.8, 4) is 5.75 Å². The van der Waals surface area contributed by atoms with E-state index in [2.05, 4.69) is 6.58 Å². The van der Waals surface area contributed by atoms with Crippen molar-refractivity contribution in [3.05, 3.63) is 42.2 Å². The molecule has 1 aromatic heterocycles. The van der Waals surface area contributed by atoms with E-state index in [1.54, 1.807) is 6.07 Å². The molecule has 2 aromatic rings. The molecule has 0 spiro atoms. The fourth-order valence-electron chi connectivity index (χ4n) is 1.48. The summed E-state index contributed by atoms with van der Waals surface area (Å²) in [4.78, 5) is 10.9. The molecule has 4 nitrogen and oxygen atoms in total. The molecule has 1 aromatic carbocycles. The maximum absolute atomic E-state index is 10.9. The zero-order chi connectivity index (χ0) is 12.4. The molecule has 0 unspecified atom stereocenters. The van der Waals surface area contributed by atoms with Crippen molar-refractivity contribution in [3.63, 3.8) is 0 Å². The van der Waals surface area contributed by atoms with Crippen LogP contribution in [0.2, 0.25) is 0 Å². The van der Waals surface area contributed by atoms with Gasteiger partial charge >= 0.3 is 5.97 Å². The van der Waals surface area contributed by atoms with E-state index in [1.807, 2.05) is 6.92 Å². The normalized spacial score (nSPS) is 10.4. The van der Waals surface area contributed by atoms with Gasteiger partial charge in [-0.3, -0.25) is 0 Å². The molecule has 17 heavy (non-hydrogen) atoms. The number of rotatable bonds is 4. The lowest BCUT2D eigenvalue weighted by atomic mass is 10.1. The highest BCUT2D eigenvalue weighted by Gasteiger charge is 2.12. The molecule has 0 fully saturated rings. The second kappa shape index (κ2) is 4.33. The third kappa shape index (κ3) is 2.30. The highest BCUT2D eigenvalue weighted by atomic mass is 16.5. The predicted octanol–water partition coefficient (Wildman–Crippen LogP) is 3.09. The number of furan rings is 1. The summed E-state index contributed by atoms with van der Waals surface area (Å²) >= 11 is 0. The number of aromatic carboxylic acids is 1. The molecule has 4 heteroatoms. The van der Waals surface area contributed by atoms with Crippen LogP contribution in [0, 0.1) is 0 Å². The predicted molar refractivity (Wildman–Crippen MR) is 63.5 cm³/mol. The second-order valence-electron chi connectivity index (χ2n) is 3.86. The first-order valence-corrected chi connectivity index (χ1v) is 5.09. The maximum Gasteiger partial charge on any atom is 0.335 e. The minimum Gasteiger partial charge on any atom is -0.488 e. The van der Waals surface area contributed by atoms with Crippen LogP contribution in [0.1, 0.15) is 17.3 Å². The smallest absolute Gasteiger partial charge is 0.335 e. The van der Waals surface area contributed by atoms with Gasteiger partial charge in [0.25, 0.3) is 0 Å². The first-order valence-electron chi connectivity index (χ1n) is 5.09. The van der Waals surface area contributed by atoms with Crippen molar-refractivity contribution in [1.29, 1.82) is 0 Å². The number of hydrogen-bond acceptors (Lipinski definition) is 3. The first-order chi connectivity index (χ1) is 8.08. The number of ether oxygens (including phenoxy) is 1. The van der Waals surface area contributed by atoms with Crippen LogP contribution < -0.4 is 4.74 Å². The molecule has 0 amide bonds. The van der Waals surface area contributed by atoms with Crippen LogP contribution in [-0.2, 0) is 0 Å². The standard InChI is InChI=1S/C13H12O4/c1-8(2)7-17-12-6-9(13(14)15)5-11-10(12)3-4-16-11/h3-6H,1,7H2,2H3,(H,14,15). The molecule has 0 saturated heterocycles. The average molecular weight is 232 g/mol. The van der Waals surface area contributed by atoms with E-state index in [4.69, 9.17) is 14.3 Å². The van der Waals surface area contributed by atoms with E-state index in [0.717, 1.165) is 11.0 Å². The van der Waals surface area contributed by atoms with E-state index in [0.29, 0.717) is 17.9 Å². The Hall–Kier alpha value is -2.23. The van der Waals surface area contributed by atoms with Gasteiger partial charge in [-0.05, 0) is 30.7 Å². The van der Waals surface area contributed by atoms with E-state index in [1.165, 1.54) is 18.4 Å². The molecule has 0 radical (unpaired) electrons. The summed E-state index contributed by atoms with van der Waals surface area (Å²) in [5.41, 5.74) is 1.51. The van der Waals surface area contributed by atoms with Gasteiger partial charge in [0.15, 0.2) is 0 Å². The van der Waals surface area contributed by atoms with Gasteiger partial charge in [0.2, 0.25) is 0 Å². The Labute approximate surface area is 98.1 Å². The van der Waals surface area contributed by atoms with Gasteiger partial charge in [-0.15, -0.1) is 0 Å². The summed E-state index contributed by atoms with van der Waals surface area (Å²) in [6.07, 6.45) is 1.50. The first kappa shape index (κ1) is 11.3. The Balaban J connectivity index is 2.46. The third-order valence-corrected chi connectivity index (χ3v) is 2.25. The van der Waals surface area contributed by atoms with Crippen LogP contribution in [0.15, 0.2) is 41.0 Å². The van der Waals surface area contributed by atoms with E-state index >= 15 is 0 Å². The number of hydrogen-bond donors (Lipinski definition) is 1.